The fourth-order valence-electron chi connectivity index (χ4n) is 3.17. The molecule has 2 aliphatic heterocycles. The first kappa shape index (κ1) is 12.4. The second-order valence-electron chi connectivity index (χ2n) is 6.35. The Morgan fingerprint density at radius 3 is 2.19 bits per heavy atom. The molecule has 2 bridgehead atoms. The number of piperidine rings is 1. The van der Waals surface area contributed by atoms with Crippen LogP contribution in [0.4, 0.5) is 0 Å². The quantitative estimate of drug-likeness (QED) is 0.789. The van der Waals surface area contributed by atoms with E-state index in [0.29, 0.717) is 0 Å². The lowest BCUT2D eigenvalue weighted by molar-refractivity contribution is 0.145. The lowest BCUT2D eigenvalue weighted by Gasteiger charge is -2.37. The van der Waals surface area contributed by atoms with E-state index < -0.39 is 0 Å². The summed E-state index contributed by atoms with van der Waals surface area (Å²) in [5, 5.41) is 3.80. The van der Waals surface area contributed by atoms with Crippen molar-refractivity contribution in [2.75, 3.05) is 13.6 Å². The Kier molecular flexibility index (Phi) is 3.91. The van der Waals surface area contributed by atoms with Gasteiger partial charge in [-0.05, 0) is 51.1 Å². The highest BCUT2D eigenvalue weighted by Gasteiger charge is 2.38. The third-order valence-corrected chi connectivity index (χ3v) is 4.96. The van der Waals surface area contributed by atoms with Gasteiger partial charge in [0, 0.05) is 18.1 Å². The smallest absolute Gasteiger partial charge is 0.0111 e. The number of nitrogens with zero attached hydrogens (tertiary/aromatic N) is 1. The minimum Gasteiger partial charge on any atom is -0.314 e. The van der Waals surface area contributed by atoms with E-state index >= 15 is 0 Å². The molecule has 0 aromatic rings. The maximum Gasteiger partial charge on any atom is 0.0111 e. The van der Waals surface area contributed by atoms with E-state index in [2.05, 4.69) is 38.0 Å². The van der Waals surface area contributed by atoms with E-state index in [1.54, 1.807) is 0 Å². The highest BCUT2D eigenvalue weighted by molar-refractivity contribution is 4.96. The summed E-state index contributed by atoms with van der Waals surface area (Å²) in [5.41, 5.74) is 0. The van der Waals surface area contributed by atoms with Gasteiger partial charge in [-0.1, -0.05) is 20.8 Å². The number of fused-ring (bicyclic) bond motifs is 2. The molecule has 3 atom stereocenters. The molecule has 94 valence electrons. The molecule has 2 fully saturated rings. The molecule has 16 heavy (non-hydrogen) atoms. The van der Waals surface area contributed by atoms with Crippen molar-refractivity contribution >= 4 is 0 Å². The summed E-state index contributed by atoms with van der Waals surface area (Å²) < 4.78 is 0. The first-order chi connectivity index (χ1) is 7.58. The predicted molar refractivity (Wildman–Crippen MR) is 69.6 cm³/mol. The zero-order chi connectivity index (χ0) is 11.7. The minimum atomic E-state index is 0.787. The van der Waals surface area contributed by atoms with Crippen molar-refractivity contribution in [3.63, 3.8) is 0 Å². The molecule has 2 nitrogen and oxygen atoms in total. The SMILES string of the molecule is CC(C)C(C)CNC1CC2CCC(C1)N2C. The fourth-order valence-corrected chi connectivity index (χ4v) is 3.17. The van der Waals surface area contributed by atoms with Crippen LogP contribution < -0.4 is 5.32 Å². The summed E-state index contributed by atoms with van der Waals surface area (Å²) in [6, 6.07) is 2.52. The minimum absolute atomic E-state index is 0.787. The van der Waals surface area contributed by atoms with Crippen molar-refractivity contribution in [3.05, 3.63) is 0 Å². The fraction of sp³-hybridized carbons (Fsp3) is 1.00. The van der Waals surface area contributed by atoms with Gasteiger partial charge in [-0.3, -0.25) is 0 Å². The molecule has 0 amide bonds. The van der Waals surface area contributed by atoms with Crippen LogP contribution in [0.25, 0.3) is 0 Å². The van der Waals surface area contributed by atoms with E-state index in [1.807, 2.05) is 0 Å². The molecule has 2 heteroatoms. The Morgan fingerprint density at radius 1 is 1.12 bits per heavy atom. The Hall–Kier alpha value is -0.0800. The average molecular weight is 224 g/mol. The van der Waals surface area contributed by atoms with Crippen LogP contribution in [-0.4, -0.2) is 36.6 Å². The standard InChI is InChI=1S/C14H28N2/c1-10(2)11(3)9-15-12-7-13-5-6-14(8-12)16(13)4/h10-15H,5-9H2,1-4H3. The van der Waals surface area contributed by atoms with Gasteiger partial charge in [-0.25, -0.2) is 0 Å². The van der Waals surface area contributed by atoms with Gasteiger partial charge < -0.3 is 10.2 Å². The highest BCUT2D eigenvalue weighted by Crippen LogP contribution is 2.34. The monoisotopic (exact) mass is 224 g/mol. The molecule has 2 saturated heterocycles. The highest BCUT2D eigenvalue weighted by atomic mass is 15.2. The van der Waals surface area contributed by atoms with Crippen molar-refractivity contribution in [3.8, 4) is 0 Å². The maximum atomic E-state index is 3.80. The largest absolute Gasteiger partial charge is 0.314 e. The van der Waals surface area contributed by atoms with Gasteiger partial charge in [-0.15, -0.1) is 0 Å². The van der Waals surface area contributed by atoms with Crippen molar-refractivity contribution < 1.29 is 0 Å². The van der Waals surface area contributed by atoms with Crippen molar-refractivity contribution in [1.29, 1.82) is 0 Å². The molecular formula is C14H28N2. The van der Waals surface area contributed by atoms with Gasteiger partial charge >= 0.3 is 0 Å². The second-order valence-corrected chi connectivity index (χ2v) is 6.35. The molecule has 0 aromatic carbocycles. The van der Waals surface area contributed by atoms with Gasteiger partial charge in [0.2, 0.25) is 0 Å². The molecule has 0 spiro atoms. The molecule has 0 aliphatic carbocycles. The molecule has 2 heterocycles. The van der Waals surface area contributed by atoms with Crippen LogP contribution in [0.3, 0.4) is 0 Å². The lowest BCUT2D eigenvalue weighted by Crippen LogP contribution is -2.48. The average Bonchev–Trinajstić information content (AvgIpc) is 2.51. The Balaban J connectivity index is 1.76. The summed E-state index contributed by atoms with van der Waals surface area (Å²) in [5.74, 6) is 1.60. The number of hydrogen-bond donors (Lipinski definition) is 1. The van der Waals surface area contributed by atoms with Crippen LogP contribution in [0.2, 0.25) is 0 Å². The van der Waals surface area contributed by atoms with E-state index in [4.69, 9.17) is 0 Å². The van der Waals surface area contributed by atoms with Crippen molar-refractivity contribution in [1.82, 2.24) is 10.2 Å². The van der Waals surface area contributed by atoms with Gasteiger partial charge in [0.1, 0.15) is 0 Å². The van der Waals surface area contributed by atoms with E-state index in [1.165, 1.54) is 32.2 Å². The van der Waals surface area contributed by atoms with E-state index in [9.17, 15) is 0 Å². The Labute approximate surface area is 101 Å². The Morgan fingerprint density at radius 2 is 1.69 bits per heavy atom. The molecular weight excluding hydrogens is 196 g/mol. The van der Waals surface area contributed by atoms with Gasteiger partial charge in [0.15, 0.2) is 0 Å². The summed E-state index contributed by atoms with van der Waals surface area (Å²) in [7, 11) is 2.31. The van der Waals surface area contributed by atoms with Crippen LogP contribution in [0.15, 0.2) is 0 Å². The number of rotatable bonds is 4. The third kappa shape index (κ3) is 2.60. The van der Waals surface area contributed by atoms with E-state index in [-0.39, 0.29) is 0 Å². The first-order valence-electron chi connectivity index (χ1n) is 7.03. The van der Waals surface area contributed by atoms with Crippen LogP contribution in [0.1, 0.15) is 46.5 Å². The van der Waals surface area contributed by atoms with Crippen molar-refractivity contribution in [2.45, 2.75) is 64.6 Å². The lowest BCUT2D eigenvalue weighted by atomic mass is 9.95. The maximum absolute atomic E-state index is 3.80. The van der Waals surface area contributed by atoms with Crippen LogP contribution in [0, 0.1) is 11.8 Å². The van der Waals surface area contributed by atoms with Gasteiger partial charge in [-0.2, -0.15) is 0 Å². The molecule has 0 radical (unpaired) electrons. The normalized spacial score (nSPS) is 36.9. The molecule has 2 rings (SSSR count). The zero-order valence-electron chi connectivity index (χ0n) is 11.4. The summed E-state index contributed by atoms with van der Waals surface area (Å²) in [4.78, 5) is 2.62. The Bertz CT molecular complexity index is 213. The summed E-state index contributed by atoms with van der Waals surface area (Å²) in [6.07, 6.45) is 5.60. The second kappa shape index (κ2) is 5.05. The van der Waals surface area contributed by atoms with Gasteiger partial charge in [0.05, 0.1) is 0 Å². The van der Waals surface area contributed by atoms with Crippen molar-refractivity contribution in [2.24, 2.45) is 11.8 Å². The summed E-state index contributed by atoms with van der Waals surface area (Å²) in [6.45, 7) is 8.21. The van der Waals surface area contributed by atoms with Gasteiger partial charge in [0.25, 0.3) is 0 Å². The topological polar surface area (TPSA) is 15.3 Å². The van der Waals surface area contributed by atoms with E-state index in [0.717, 1.165) is 30.0 Å². The molecule has 2 aliphatic rings. The molecule has 3 unspecified atom stereocenters. The molecule has 0 saturated carbocycles. The first-order valence-corrected chi connectivity index (χ1v) is 7.03. The molecule has 0 aromatic heterocycles. The third-order valence-electron chi connectivity index (χ3n) is 4.96. The van der Waals surface area contributed by atoms with Crippen LogP contribution >= 0.6 is 0 Å². The zero-order valence-corrected chi connectivity index (χ0v) is 11.4. The van der Waals surface area contributed by atoms with Crippen LogP contribution in [-0.2, 0) is 0 Å². The number of nitrogens with one attached hydrogen (secondary N) is 1. The summed E-state index contributed by atoms with van der Waals surface area (Å²) >= 11 is 0. The predicted octanol–water partition coefficient (Wildman–Crippen LogP) is 2.49. The van der Waals surface area contributed by atoms with Crippen LogP contribution in [0.5, 0.6) is 0 Å². The number of hydrogen-bond acceptors (Lipinski definition) is 2. The molecule has 1 N–H and O–H groups in total.